The Bertz CT molecular complexity index is 551. The van der Waals surface area contributed by atoms with Crippen molar-refractivity contribution >= 4 is 0 Å². The molecule has 2 nitrogen and oxygen atoms in total. The first-order valence-corrected chi connectivity index (χ1v) is 7.23. The van der Waals surface area contributed by atoms with Gasteiger partial charge in [-0.3, -0.25) is 0 Å². The van der Waals surface area contributed by atoms with E-state index in [1.165, 1.54) is 11.1 Å². The molecule has 2 rings (SSSR count). The van der Waals surface area contributed by atoms with Gasteiger partial charge in [-0.15, -0.1) is 0 Å². The van der Waals surface area contributed by atoms with Crippen molar-refractivity contribution in [2.45, 2.75) is 32.7 Å². The molecule has 0 aliphatic rings. The van der Waals surface area contributed by atoms with Crippen LogP contribution in [0.1, 0.15) is 36.1 Å². The topological polar surface area (TPSA) is 35.2 Å². The fourth-order valence-electron chi connectivity index (χ4n) is 2.25. The van der Waals surface area contributed by atoms with E-state index in [1.807, 2.05) is 12.1 Å². The number of ether oxygens (including phenoxy) is 1. The molecule has 1 atom stereocenters. The Morgan fingerprint density at radius 2 is 1.90 bits per heavy atom. The smallest absolute Gasteiger partial charge is 0.119 e. The summed E-state index contributed by atoms with van der Waals surface area (Å²) in [6.07, 6.45) is 1.86. The third-order valence-corrected chi connectivity index (χ3v) is 3.46. The molecule has 0 aromatic heterocycles. The van der Waals surface area contributed by atoms with E-state index in [4.69, 9.17) is 10.5 Å². The van der Waals surface area contributed by atoms with Crippen LogP contribution in [0.15, 0.2) is 48.5 Å². The van der Waals surface area contributed by atoms with Crippen molar-refractivity contribution in [3.8, 4) is 5.75 Å². The summed E-state index contributed by atoms with van der Waals surface area (Å²) in [5, 5.41) is 0. The van der Waals surface area contributed by atoms with Crippen LogP contribution in [-0.4, -0.2) is 6.61 Å². The summed E-state index contributed by atoms with van der Waals surface area (Å²) in [6.45, 7) is 4.98. The minimum absolute atomic E-state index is 0.00118. The first-order valence-electron chi connectivity index (χ1n) is 7.23. The second kappa shape index (κ2) is 7.11. The number of rotatable bonds is 6. The van der Waals surface area contributed by atoms with E-state index in [2.05, 4.69) is 50.2 Å². The molecule has 1 unspecified atom stereocenters. The molecule has 0 aliphatic carbocycles. The van der Waals surface area contributed by atoms with Crippen LogP contribution >= 0.6 is 0 Å². The SMILES string of the molecule is CCCOc1cccc(C(N)Cc2ccccc2C)c1. The van der Waals surface area contributed by atoms with Gasteiger partial charge in [0.15, 0.2) is 0 Å². The normalized spacial score (nSPS) is 12.2. The van der Waals surface area contributed by atoms with Crippen LogP contribution in [0.2, 0.25) is 0 Å². The van der Waals surface area contributed by atoms with Crippen LogP contribution in [0.5, 0.6) is 5.75 Å². The molecular weight excluding hydrogens is 246 g/mol. The van der Waals surface area contributed by atoms with Crippen LogP contribution in [0.25, 0.3) is 0 Å². The molecule has 0 radical (unpaired) electrons. The van der Waals surface area contributed by atoms with Crippen LogP contribution in [-0.2, 0) is 6.42 Å². The van der Waals surface area contributed by atoms with E-state index in [-0.39, 0.29) is 6.04 Å². The van der Waals surface area contributed by atoms with Crippen LogP contribution in [0.3, 0.4) is 0 Å². The van der Waals surface area contributed by atoms with Crippen LogP contribution < -0.4 is 10.5 Å². The lowest BCUT2D eigenvalue weighted by atomic mass is 9.97. The third kappa shape index (κ3) is 3.84. The standard InChI is InChI=1S/C18H23NO/c1-3-11-20-17-10-6-9-16(12-17)18(19)13-15-8-5-4-7-14(15)2/h4-10,12,18H,3,11,13,19H2,1-2H3. The predicted octanol–water partition coefficient (Wildman–Crippen LogP) is 4.03. The van der Waals surface area contributed by atoms with Crippen LogP contribution in [0, 0.1) is 6.92 Å². The van der Waals surface area contributed by atoms with Gasteiger partial charge in [-0.2, -0.15) is 0 Å². The number of aryl methyl sites for hydroxylation is 1. The molecule has 0 aliphatic heterocycles. The van der Waals surface area contributed by atoms with Crippen molar-refractivity contribution in [3.05, 3.63) is 65.2 Å². The molecule has 0 bridgehead atoms. The lowest BCUT2D eigenvalue weighted by Gasteiger charge is -2.15. The summed E-state index contributed by atoms with van der Waals surface area (Å²) in [4.78, 5) is 0. The van der Waals surface area contributed by atoms with Crippen LogP contribution in [0.4, 0.5) is 0 Å². The summed E-state index contributed by atoms with van der Waals surface area (Å²) in [6, 6.07) is 16.5. The Kier molecular flexibility index (Phi) is 5.19. The van der Waals surface area contributed by atoms with Gasteiger partial charge in [0.1, 0.15) is 5.75 Å². The lowest BCUT2D eigenvalue weighted by molar-refractivity contribution is 0.317. The summed E-state index contributed by atoms with van der Waals surface area (Å²) in [5.74, 6) is 0.907. The Balaban J connectivity index is 2.09. The van der Waals surface area contributed by atoms with Gasteiger partial charge in [0, 0.05) is 6.04 Å². The molecule has 2 heteroatoms. The average molecular weight is 269 g/mol. The van der Waals surface area contributed by atoms with Gasteiger partial charge in [0.05, 0.1) is 6.61 Å². The molecule has 2 N–H and O–H groups in total. The van der Waals surface area contributed by atoms with E-state index in [0.717, 1.165) is 30.8 Å². The van der Waals surface area contributed by atoms with E-state index < -0.39 is 0 Å². The summed E-state index contributed by atoms with van der Waals surface area (Å²) in [7, 11) is 0. The third-order valence-electron chi connectivity index (χ3n) is 3.46. The molecule has 0 fully saturated rings. The summed E-state index contributed by atoms with van der Waals surface area (Å²) in [5.41, 5.74) is 10.1. The molecule has 0 saturated carbocycles. The van der Waals surface area contributed by atoms with E-state index in [0.29, 0.717) is 0 Å². The lowest BCUT2D eigenvalue weighted by Crippen LogP contribution is -2.14. The molecule has 0 heterocycles. The quantitative estimate of drug-likeness (QED) is 0.859. The number of benzene rings is 2. The van der Waals surface area contributed by atoms with Gasteiger partial charge >= 0.3 is 0 Å². The molecular formula is C18H23NO. The predicted molar refractivity (Wildman–Crippen MR) is 84.0 cm³/mol. The van der Waals surface area contributed by atoms with Gasteiger partial charge in [0.25, 0.3) is 0 Å². The fourth-order valence-corrected chi connectivity index (χ4v) is 2.25. The van der Waals surface area contributed by atoms with Crippen molar-refractivity contribution in [2.75, 3.05) is 6.61 Å². The highest BCUT2D eigenvalue weighted by Gasteiger charge is 2.09. The van der Waals surface area contributed by atoms with Crippen molar-refractivity contribution < 1.29 is 4.74 Å². The van der Waals surface area contributed by atoms with Gasteiger partial charge in [-0.1, -0.05) is 43.3 Å². The second-order valence-electron chi connectivity index (χ2n) is 5.16. The highest BCUT2D eigenvalue weighted by molar-refractivity contribution is 5.33. The van der Waals surface area contributed by atoms with Crippen molar-refractivity contribution in [3.63, 3.8) is 0 Å². The van der Waals surface area contributed by atoms with Crippen molar-refractivity contribution in [1.29, 1.82) is 0 Å². The van der Waals surface area contributed by atoms with E-state index >= 15 is 0 Å². The summed E-state index contributed by atoms with van der Waals surface area (Å²) >= 11 is 0. The maximum Gasteiger partial charge on any atom is 0.119 e. The Labute approximate surface area is 121 Å². The minimum atomic E-state index is 0.00118. The maximum absolute atomic E-state index is 6.34. The molecule has 0 amide bonds. The largest absolute Gasteiger partial charge is 0.494 e. The average Bonchev–Trinajstić information content (AvgIpc) is 2.48. The molecule has 106 valence electrons. The Morgan fingerprint density at radius 3 is 2.65 bits per heavy atom. The van der Waals surface area contributed by atoms with E-state index in [9.17, 15) is 0 Å². The number of hydrogen-bond acceptors (Lipinski definition) is 2. The van der Waals surface area contributed by atoms with E-state index in [1.54, 1.807) is 0 Å². The van der Waals surface area contributed by atoms with Gasteiger partial charge in [-0.05, 0) is 48.6 Å². The van der Waals surface area contributed by atoms with Gasteiger partial charge in [-0.25, -0.2) is 0 Å². The zero-order valence-corrected chi connectivity index (χ0v) is 12.3. The monoisotopic (exact) mass is 269 g/mol. The molecule has 2 aromatic carbocycles. The second-order valence-corrected chi connectivity index (χ2v) is 5.16. The highest BCUT2D eigenvalue weighted by atomic mass is 16.5. The fraction of sp³-hybridized carbons (Fsp3) is 0.333. The molecule has 2 aromatic rings. The molecule has 20 heavy (non-hydrogen) atoms. The Hall–Kier alpha value is -1.80. The minimum Gasteiger partial charge on any atom is -0.494 e. The zero-order valence-electron chi connectivity index (χ0n) is 12.3. The first kappa shape index (κ1) is 14.6. The van der Waals surface area contributed by atoms with Gasteiger partial charge in [0.2, 0.25) is 0 Å². The number of nitrogens with two attached hydrogens (primary N) is 1. The summed E-state index contributed by atoms with van der Waals surface area (Å²) < 4.78 is 5.66. The van der Waals surface area contributed by atoms with Gasteiger partial charge < -0.3 is 10.5 Å². The maximum atomic E-state index is 6.34. The molecule has 0 spiro atoms. The molecule has 0 saturated heterocycles. The number of hydrogen-bond donors (Lipinski definition) is 1. The zero-order chi connectivity index (χ0) is 14.4. The van der Waals surface area contributed by atoms with Crippen molar-refractivity contribution in [2.24, 2.45) is 5.73 Å². The van der Waals surface area contributed by atoms with Crippen molar-refractivity contribution in [1.82, 2.24) is 0 Å². The Morgan fingerprint density at radius 1 is 1.10 bits per heavy atom. The first-order chi connectivity index (χ1) is 9.70. The highest BCUT2D eigenvalue weighted by Crippen LogP contribution is 2.22.